The van der Waals surface area contributed by atoms with E-state index in [1.165, 1.54) is 6.33 Å². The monoisotopic (exact) mass is 415 g/mol. The van der Waals surface area contributed by atoms with E-state index < -0.39 is 0 Å². The Morgan fingerprint density at radius 1 is 1.21 bits per heavy atom. The van der Waals surface area contributed by atoms with Gasteiger partial charge in [-0.1, -0.05) is 6.92 Å². The first-order valence-corrected chi connectivity index (χ1v) is 10.4. The second-order valence-corrected chi connectivity index (χ2v) is 7.91. The lowest BCUT2D eigenvalue weighted by molar-refractivity contribution is 0.174. The van der Waals surface area contributed by atoms with Gasteiger partial charge in [-0.3, -0.25) is 0 Å². The van der Waals surface area contributed by atoms with E-state index in [4.69, 9.17) is 20.2 Å². The van der Waals surface area contributed by atoms with Crippen LogP contribution >= 0.6 is 11.8 Å². The number of aromatic nitrogens is 4. The number of nitrogens with two attached hydrogens (primary N) is 1. The molecule has 1 aliphatic rings. The minimum atomic E-state index is 0.240. The zero-order chi connectivity index (χ0) is 20.4. The van der Waals surface area contributed by atoms with Crippen LogP contribution in [0.4, 0.5) is 11.5 Å². The lowest BCUT2D eigenvalue weighted by Crippen LogP contribution is -2.21. The Labute approximate surface area is 173 Å². The fourth-order valence-corrected chi connectivity index (χ4v) is 4.28. The minimum Gasteiger partial charge on any atom is -0.454 e. The maximum atomic E-state index is 6.06. The third-order valence-corrected chi connectivity index (χ3v) is 5.64. The molecule has 3 heterocycles. The van der Waals surface area contributed by atoms with E-state index in [0.717, 1.165) is 58.9 Å². The second kappa shape index (κ2) is 8.34. The van der Waals surface area contributed by atoms with Gasteiger partial charge in [-0.25, -0.2) is 15.0 Å². The number of rotatable bonds is 8. The summed E-state index contributed by atoms with van der Waals surface area (Å²) in [6, 6.07) is 3.99. The molecule has 0 spiro atoms. The van der Waals surface area contributed by atoms with Crippen LogP contribution < -0.4 is 25.4 Å². The third-order valence-electron chi connectivity index (χ3n) is 4.60. The van der Waals surface area contributed by atoms with Crippen LogP contribution in [0, 0.1) is 0 Å². The van der Waals surface area contributed by atoms with Crippen molar-refractivity contribution in [3.8, 4) is 11.5 Å². The van der Waals surface area contributed by atoms with Gasteiger partial charge in [-0.05, 0) is 24.7 Å². The molecule has 4 rings (SSSR count). The maximum absolute atomic E-state index is 6.06. The molecule has 3 aromatic rings. The molecule has 0 radical (unpaired) electrons. The zero-order valence-electron chi connectivity index (χ0n) is 16.8. The number of ether oxygens (including phenoxy) is 2. The van der Waals surface area contributed by atoms with Crippen molar-refractivity contribution in [1.29, 1.82) is 0 Å². The highest BCUT2D eigenvalue weighted by atomic mass is 32.2. The molecule has 0 aliphatic carbocycles. The Morgan fingerprint density at radius 2 is 2.00 bits per heavy atom. The number of nitrogens with zero attached hydrogens (tertiary/aromatic N) is 5. The molecule has 0 amide bonds. The molecule has 10 heteroatoms. The van der Waals surface area contributed by atoms with E-state index in [2.05, 4.69) is 26.8 Å². The standard InChI is InChI=1S/C19H25N7O2S/c1-4-5-21-6-7-26-18-16(17(20)22-10-23-18)24-19(26)29-15-9-14-13(27-11-28-14)8-12(15)25(2)3/h8-10,21H,4-7,11H2,1-3H3,(H2,20,22,23). The van der Waals surface area contributed by atoms with E-state index in [9.17, 15) is 0 Å². The van der Waals surface area contributed by atoms with Gasteiger partial charge in [0.2, 0.25) is 6.79 Å². The van der Waals surface area contributed by atoms with Gasteiger partial charge in [0.25, 0.3) is 0 Å². The van der Waals surface area contributed by atoms with Crippen LogP contribution in [0.5, 0.6) is 11.5 Å². The van der Waals surface area contributed by atoms with Gasteiger partial charge >= 0.3 is 0 Å². The Balaban J connectivity index is 1.73. The lowest BCUT2D eigenvalue weighted by atomic mass is 10.2. The van der Waals surface area contributed by atoms with E-state index in [1.54, 1.807) is 11.8 Å². The first kappa shape index (κ1) is 19.6. The molecule has 0 bridgehead atoms. The predicted molar refractivity (Wildman–Crippen MR) is 114 cm³/mol. The second-order valence-electron chi connectivity index (χ2n) is 6.90. The molecule has 0 saturated heterocycles. The van der Waals surface area contributed by atoms with Gasteiger partial charge in [0.15, 0.2) is 33.6 Å². The van der Waals surface area contributed by atoms with E-state index >= 15 is 0 Å². The van der Waals surface area contributed by atoms with E-state index in [-0.39, 0.29) is 6.79 Å². The Hall–Kier alpha value is -2.72. The summed E-state index contributed by atoms with van der Waals surface area (Å²) in [6.45, 7) is 4.91. The number of hydrogen-bond acceptors (Lipinski definition) is 9. The summed E-state index contributed by atoms with van der Waals surface area (Å²) in [6.07, 6.45) is 2.57. The number of fused-ring (bicyclic) bond motifs is 2. The number of anilines is 2. The van der Waals surface area contributed by atoms with Crippen molar-refractivity contribution in [2.24, 2.45) is 0 Å². The summed E-state index contributed by atoms with van der Waals surface area (Å²) in [7, 11) is 4.01. The van der Waals surface area contributed by atoms with Gasteiger partial charge in [-0.2, -0.15) is 0 Å². The molecular weight excluding hydrogens is 390 g/mol. The smallest absolute Gasteiger partial charge is 0.231 e. The predicted octanol–water partition coefficient (Wildman–Crippen LogP) is 2.35. The van der Waals surface area contributed by atoms with Crippen molar-refractivity contribution < 1.29 is 9.47 Å². The first-order chi connectivity index (χ1) is 14.1. The molecule has 0 saturated carbocycles. The molecule has 154 valence electrons. The molecule has 9 nitrogen and oxygen atoms in total. The topological polar surface area (TPSA) is 103 Å². The van der Waals surface area contributed by atoms with Crippen molar-refractivity contribution in [3.05, 3.63) is 18.5 Å². The zero-order valence-corrected chi connectivity index (χ0v) is 17.6. The largest absolute Gasteiger partial charge is 0.454 e. The molecule has 2 aromatic heterocycles. The fourth-order valence-electron chi connectivity index (χ4n) is 3.15. The van der Waals surface area contributed by atoms with Gasteiger partial charge in [0.1, 0.15) is 6.33 Å². The van der Waals surface area contributed by atoms with E-state index in [1.807, 2.05) is 31.1 Å². The van der Waals surface area contributed by atoms with Crippen molar-refractivity contribution in [1.82, 2.24) is 24.8 Å². The average molecular weight is 416 g/mol. The summed E-state index contributed by atoms with van der Waals surface area (Å²) >= 11 is 1.56. The normalized spacial score (nSPS) is 12.7. The van der Waals surface area contributed by atoms with Crippen LogP contribution in [0.3, 0.4) is 0 Å². The molecular formula is C19H25N7O2S. The van der Waals surface area contributed by atoms with Gasteiger partial charge in [-0.15, -0.1) is 0 Å². The van der Waals surface area contributed by atoms with Gasteiger partial charge in [0, 0.05) is 44.2 Å². The summed E-state index contributed by atoms with van der Waals surface area (Å²) in [5, 5.41) is 4.24. The SMILES string of the molecule is CCCNCCn1c(Sc2cc3c(cc2N(C)C)OCO3)nc2c(N)ncnc21. The quantitative estimate of drug-likeness (QED) is 0.537. The summed E-state index contributed by atoms with van der Waals surface area (Å²) in [4.78, 5) is 16.3. The van der Waals surface area contributed by atoms with Crippen molar-refractivity contribution >= 4 is 34.4 Å². The van der Waals surface area contributed by atoms with Gasteiger partial charge < -0.3 is 30.0 Å². The molecule has 0 fully saturated rings. The van der Waals surface area contributed by atoms with Crippen LogP contribution in [-0.2, 0) is 6.54 Å². The Morgan fingerprint density at radius 3 is 2.76 bits per heavy atom. The first-order valence-electron chi connectivity index (χ1n) is 9.54. The molecule has 29 heavy (non-hydrogen) atoms. The number of hydrogen-bond donors (Lipinski definition) is 2. The van der Waals surface area contributed by atoms with Crippen LogP contribution in [0.25, 0.3) is 11.2 Å². The Bertz CT molecular complexity index is 1020. The third kappa shape index (κ3) is 3.90. The minimum absolute atomic E-state index is 0.240. The summed E-state index contributed by atoms with van der Waals surface area (Å²) in [5.41, 5.74) is 8.46. The number of nitrogen functional groups attached to an aromatic ring is 1. The highest BCUT2D eigenvalue weighted by Crippen LogP contribution is 2.44. The average Bonchev–Trinajstić information content (AvgIpc) is 3.29. The summed E-state index contributed by atoms with van der Waals surface area (Å²) in [5.74, 6) is 1.88. The highest BCUT2D eigenvalue weighted by molar-refractivity contribution is 7.99. The van der Waals surface area contributed by atoms with E-state index in [0.29, 0.717) is 11.3 Å². The van der Waals surface area contributed by atoms with Crippen LogP contribution in [-0.4, -0.2) is 53.5 Å². The lowest BCUT2D eigenvalue weighted by Gasteiger charge is -2.18. The Kier molecular flexibility index (Phi) is 5.63. The number of benzene rings is 1. The number of imidazole rings is 1. The van der Waals surface area contributed by atoms with Crippen LogP contribution in [0.1, 0.15) is 13.3 Å². The van der Waals surface area contributed by atoms with Crippen molar-refractivity contribution in [2.75, 3.05) is 44.6 Å². The molecule has 1 aliphatic heterocycles. The van der Waals surface area contributed by atoms with Crippen molar-refractivity contribution in [3.63, 3.8) is 0 Å². The maximum Gasteiger partial charge on any atom is 0.231 e. The molecule has 0 unspecified atom stereocenters. The molecule has 1 aromatic carbocycles. The summed E-state index contributed by atoms with van der Waals surface area (Å²) < 4.78 is 13.2. The molecule has 3 N–H and O–H groups in total. The highest BCUT2D eigenvalue weighted by Gasteiger charge is 2.22. The van der Waals surface area contributed by atoms with Crippen LogP contribution in [0.2, 0.25) is 0 Å². The molecule has 0 atom stereocenters. The van der Waals surface area contributed by atoms with Crippen molar-refractivity contribution in [2.45, 2.75) is 29.9 Å². The van der Waals surface area contributed by atoms with Crippen LogP contribution in [0.15, 0.2) is 28.5 Å². The van der Waals surface area contributed by atoms with Gasteiger partial charge in [0.05, 0.1) is 5.69 Å². The fraction of sp³-hybridized carbons (Fsp3) is 0.421. The number of nitrogens with one attached hydrogen (secondary N) is 1.